The molecule has 3 heterocycles. The predicted octanol–water partition coefficient (Wildman–Crippen LogP) is 1.69. The second kappa shape index (κ2) is 5.98. The molecular formula is C16H18N6. The average molecular weight is 294 g/mol. The maximum Gasteiger partial charge on any atom is 0.142 e. The highest BCUT2D eigenvalue weighted by Gasteiger charge is 2.21. The number of rotatable bonds is 2. The van der Waals surface area contributed by atoms with Crippen LogP contribution in [0.1, 0.15) is 17.0 Å². The van der Waals surface area contributed by atoms with Gasteiger partial charge in [-0.2, -0.15) is 5.26 Å². The van der Waals surface area contributed by atoms with Crippen LogP contribution in [-0.4, -0.2) is 41.1 Å². The molecule has 0 aromatic carbocycles. The molecule has 0 saturated carbocycles. The Morgan fingerprint density at radius 3 is 2.50 bits per heavy atom. The van der Waals surface area contributed by atoms with Crippen LogP contribution < -0.4 is 9.80 Å². The van der Waals surface area contributed by atoms with Gasteiger partial charge in [0, 0.05) is 37.4 Å². The van der Waals surface area contributed by atoms with E-state index < -0.39 is 0 Å². The maximum atomic E-state index is 8.95. The fraction of sp³-hybridized carbons (Fsp3) is 0.375. The molecule has 0 unspecified atom stereocenters. The standard InChI is InChI=1S/C16H18N6/c1-12-13(2)18-11-19-16(12)22-8-6-21(7-9-22)15-5-3-4-14(10-17)20-15/h3-5,11H,6-9H2,1-2H3. The Hall–Kier alpha value is -2.68. The number of nitrogens with zero attached hydrogens (tertiary/aromatic N) is 6. The number of aryl methyl sites for hydroxylation is 1. The van der Waals surface area contributed by atoms with Gasteiger partial charge in [-0.1, -0.05) is 6.07 Å². The molecule has 0 amide bonds. The Balaban J connectivity index is 1.72. The van der Waals surface area contributed by atoms with Crippen LogP contribution in [-0.2, 0) is 0 Å². The minimum absolute atomic E-state index is 0.460. The second-order valence-electron chi connectivity index (χ2n) is 5.37. The Kier molecular flexibility index (Phi) is 3.88. The van der Waals surface area contributed by atoms with Crippen molar-refractivity contribution in [3.8, 4) is 6.07 Å². The molecule has 1 fully saturated rings. The van der Waals surface area contributed by atoms with Crippen molar-refractivity contribution in [3.05, 3.63) is 41.5 Å². The molecule has 0 bridgehead atoms. The van der Waals surface area contributed by atoms with E-state index in [1.54, 1.807) is 12.4 Å². The molecular weight excluding hydrogens is 276 g/mol. The van der Waals surface area contributed by atoms with Gasteiger partial charge in [-0.25, -0.2) is 15.0 Å². The Morgan fingerprint density at radius 1 is 1.05 bits per heavy atom. The van der Waals surface area contributed by atoms with Crippen molar-refractivity contribution in [3.63, 3.8) is 0 Å². The van der Waals surface area contributed by atoms with Crippen LogP contribution in [0.4, 0.5) is 11.6 Å². The first-order chi connectivity index (χ1) is 10.7. The van der Waals surface area contributed by atoms with Crippen molar-refractivity contribution in [2.24, 2.45) is 0 Å². The summed E-state index contributed by atoms with van der Waals surface area (Å²) in [7, 11) is 0. The van der Waals surface area contributed by atoms with Crippen molar-refractivity contribution in [1.82, 2.24) is 15.0 Å². The molecule has 112 valence electrons. The van der Waals surface area contributed by atoms with Crippen molar-refractivity contribution < 1.29 is 0 Å². The first-order valence-electron chi connectivity index (χ1n) is 7.34. The minimum atomic E-state index is 0.460. The van der Waals surface area contributed by atoms with Gasteiger partial charge in [0.2, 0.25) is 0 Å². The molecule has 0 atom stereocenters. The summed E-state index contributed by atoms with van der Waals surface area (Å²) in [5.74, 6) is 1.89. The first-order valence-corrected chi connectivity index (χ1v) is 7.34. The molecule has 2 aromatic heterocycles. The SMILES string of the molecule is Cc1ncnc(N2CCN(c3cccc(C#N)n3)CC2)c1C. The lowest BCUT2D eigenvalue weighted by Gasteiger charge is -2.36. The molecule has 6 nitrogen and oxygen atoms in total. The third-order valence-corrected chi connectivity index (χ3v) is 4.06. The number of anilines is 2. The summed E-state index contributed by atoms with van der Waals surface area (Å²) in [6.45, 7) is 7.57. The molecule has 6 heteroatoms. The van der Waals surface area contributed by atoms with Crippen LogP contribution in [0.2, 0.25) is 0 Å². The van der Waals surface area contributed by atoms with E-state index in [-0.39, 0.29) is 0 Å². The largest absolute Gasteiger partial charge is 0.353 e. The predicted molar refractivity (Wildman–Crippen MR) is 84.9 cm³/mol. The van der Waals surface area contributed by atoms with Crippen molar-refractivity contribution in [2.45, 2.75) is 13.8 Å². The summed E-state index contributed by atoms with van der Waals surface area (Å²) in [4.78, 5) is 17.5. The molecule has 0 aliphatic carbocycles. The van der Waals surface area contributed by atoms with Crippen LogP contribution in [0.25, 0.3) is 0 Å². The molecule has 22 heavy (non-hydrogen) atoms. The summed E-state index contributed by atoms with van der Waals surface area (Å²) in [6, 6.07) is 7.65. The Bertz CT molecular complexity index is 713. The molecule has 0 spiro atoms. The summed E-state index contributed by atoms with van der Waals surface area (Å²) in [5, 5.41) is 8.95. The summed E-state index contributed by atoms with van der Waals surface area (Å²) < 4.78 is 0. The van der Waals surface area contributed by atoms with Gasteiger partial charge in [-0.3, -0.25) is 0 Å². The minimum Gasteiger partial charge on any atom is -0.353 e. The van der Waals surface area contributed by atoms with Gasteiger partial charge in [-0.15, -0.1) is 0 Å². The zero-order valence-electron chi connectivity index (χ0n) is 12.8. The molecule has 2 aromatic rings. The Morgan fingerprint density at radius 2 is 1.77 bits per heavy atom. The van der Waals surface area contributed by atoms with E-state index in [2.05, 4.69) is 37.7 Å². The van der Waals surface area contributed by atoms with Gasteiger partial charge < -0.3 is 9.80 Å². The number of hydrogen-bond acceptors (Lipinski definition) is 6. The fourth-order valence-corrected chi connectivity index (χ4v) is 2.65. The zero-order valence-corrected chi connectivity index (χ0v) is 12.8. The van der Waals surface area contributed by atoms with Crippen LogP contribution in [0.3, 0.4) is 0 Å². The molecule has 1 aliphatic rings. The van der Waals surface area contributed by atoms with E-state index in [0.29, 0.717) is 5.69 Å². The topological polar surface area (TPSA) is 68.9 Å². The lowest BCUT2D eigenvalue weighted by molar-refractivity contribution is 0.638. The van der Waals surface area contributed by atoms with Gasteiger partial charge in [0.15, 0.2) is 0 Å². The lowest BCUT2D eigenvalue weighted by atomic mass is 10.2. The highest BCUT2D eigenvalue weighted by molar-refractivity contribution is 5.50. The molecule has 1 saturated heterocycles. The first kappa shape index (κ1) is 14.3. The highest BCUT2D eigenvalue weighted by Crippen LogP contribution is 2.21. The van der Waals surface area contributed by atoms with Crippen LogP contribution >= 0.6 is 0 Å². The number of piperazine rings is 1. The average Bonchev–Trinajstić information content (AvgIpc) is 2.58. The maximum absolute atomic E-state index is 8.95. The monoisotopic (exact) mass is 294 g/mol. The molecule has 0 radical (unpaired) electrons. The van der Waals surface area contributed by atoms with Crippen molar-refractivity contribution >= 4 is 11.6 Å². The van der Waals surface area contributed by atoms with E-state index in [9.17, 15) is 0 Å². The third-order valence-electron chi connectivity index (χ3n) is 4.06. The van der Waals surface area contributed by atoms with Gasteiger partial charge in [0.1, 0.15) is 29.7 Å². The van der Waals surface area contributed by atoms with E-state index in [1.807, 2.05) is 19.1 Å². The highest BCUT2D eigenvalue weighted by atomic mass is 15.3. The van der Waals surface area contributed by atoms with E-state index in [1.165, 1.54) is 0 Å². The van der Waals surface area contributed by atoms with E-state index in [0.717, 1.165) is 49.1 Å². The second-order valence-corrected chi connectivity index (χ2v) is 5.37. The number of nitriles is 1. The van der Waals surface area contributed by atoms with Crippen LogP contribution in [0.15, 0.2) is 24.5 Å². The molecule has 3 rings (SSSR count). The lowest BCUT2D eigenvalue weighted by Crippen LogP contribution is -2.47. The van der Waals surface area contributed by atoms with Gasteiger partial charge in [0.25, 0.3) is 0 Å². The summed E-state index contributed by atoms with van der Waals surface area (Å²) >= 11 is 0. The normalized spacial score (nSPS) is 14.8. The van der Waals surface area contributed by atoms with Crippen LogP contribution in [0, 0.1) is 25.2 Å². The van der Waals surface area contributed by atoms with E-state index >= 15 is 0 Å². The molecule has 1 aliphatic heterocycles. The van der Waals surface area contributed by atoms with E-state index in [4.69, 9.17) is 5.26 Å². The smallest absolute Gasteiger partial charge is 0.142 e. The van der Waals surface area contributed by atoms with Crippen molar-refractivity contribution in [1.29, 1.82) is 5.26 Å². The molecule has 0 N–H and O–H groups in total. The number of aromatic nitrogens is 3. The van der Waals surface area contributed by atoms with Crippen molar-refractivity contribution in [2.75, 3.05) is 36.0 Å². The van der Waals surface area contributed by atoms with Gasteiger partial charge in [0.05, 0.1) is 0 Å². The number of hydrogen-bond donors (Lipinski definition) is 0. The number of pyridine rings is 1. The summed E-state index contributed by atoms with van der Waals surface area (Å²) in [5.41, 5.74) is 2.62. The Labute approximate surface area is 130 Å². The van der Waals surface area contributed by atoms with Gasteiger partial charge in [-0.05, 0) is 26.0 Å². The summed E-state index contributed by atoms with van der Waals surface area (Å²) in [6.07, 6.45) is 1.63. The third kappa shape index (κ3) is 2.70. The zero-order chi connectivity index (χ0) is 15.5. The van der Waals surface area contributed by atoms with Crippen LogP contribution in [0.5, 0.6) is 0 Å². The quantitative estimate of drug-likeness (QED) is 0.839. The van der Waals surface area contributed by atoms with Gasteiger partial charge >= 0.3 is 0 Å². The fourth-order valence-electron chi connectivity index (χ4n) is 2.65.